The van der Waals surface area contributed by atoms with Crippen molar-refractivity contribution in [1.82, 2.24) is 14.8 Å². The third-order valence-corrected chi connectivity index (χ3v) is 6.90. The fraction of sp³-hybridized carbons (Fsp3) is 0.591. The van der Waals surface area contributed by atoms with E-state index in [1.807, 2.05) is 6.07 Å². The number of halogens is 2. The van der Waals surface area contributed by atoms with Gasteiger partial charge in [-0.15, -0.1) is 24.8 Å². The first kappa shape index (κ1) is 23.4. The van der Waals surface area contributed by atoms with E-state index in [0.717, 1.165) is 77.4 Å². The molecule has 3 fully saturated rings. The van der Waals surface area contributed by atoms with E-state index < -0.39 is 0 Å². The number of morpholine rings is 1. The van der Waals surface area contributed by atoms with Crippen LogP contribution in [0.3, 0.4) is 0 Å². The Morgan fingerprint density at radius 1 is 1.13 bits per heavy atom. The zero-order valence-corrected chi connectivity index (χ0v) is 18.9. The minimum absolute atomic E-state index is 0. The molecule has 1 spiro atoms. The molecule has 0 radical (unpaired) electrons. The quantitative estimate of drug-likeness (QED) is 0.728. The number of fused-ring (bicyclic) bond motifs is 1. The Morgan fingerprint density at radius 3 is 2.67 bits per heavy atom. The number of ether oxygens (including phenoxy) is 1. The Kier molecular flexibility index (Phi) is 7.69. The number of hydrogen-bond acceptors (Lipinski definition) is 4. The first-order valence-electron chi connectivity index (χ1n) is 10.6. The number of rotatable bonds is 5. The molecule has 2 N–H and O–H groups in total. The molecule has 2 aliphatic heterocycles. The highest BCUT2D eigenvalue weighted by Crippen LogP contribution is 2.58. The molecular formula is C22H32Cl2N4O2. The normalized spacial score (nSPS) is 22.9. The van der Waals surface area contributed by atoms with Crippen LogP contribution < -0.4 is 10.6 Å². The molecule has 6 nitrogen and oxygen atoms in total. The third kappa shape index (κ3) is 4.78. The summed E-state index contributed by atoms with van der Waals surface area (Å²) in [5, 5.41) is 7.76. The van der Waals surface area contributed by atoms with E-state index in [4.69, 9.17) is 4.74 Å². The third-order valence-electron chi connectivity index (χ3n) is 6.90. The Labute approximate surface area is 190 Å². The van der Waals surface area contributed by atoms with Crippen molar-refractivity contribution in [2.45, 2.75) is 25.8 Å². The van der Waals surface area contributed by atoms with Crippen molar-refractivity contribution in [3.8, 4) is 0 Å². The number of aromatic nitrogens is 1. The average Bonchev–Trinajstić information content (AvgIpc) is 3.27. The maximum atomic E-state index is 12.7. The Morgan fingerprint density at radius 2 is 1.90 bits per heavy atom. The maximum absolute atomic E-state index is 12.7. The van der Waals surface area contributed by atoms with Crippen LogP contribution in [0.2, 0.25) is 0 Å². The van der Waals surface area contributed by atoms with Crippen LogP contribution in [0, 0.1) is 11.3 Å². The summed E-state index contributed by atoms with van der Waals surface area (Å²) < 4.78 is 7.73. The number of piperidine rings is 1. The van der Waals surface area contributed by atoms with Crippen LogP contribution in [-0.4, -0.2) is 61.3 Å². The Hall–Kier alpha value is -1.31. The molecule has 1 unspecified atom stereocenters. The molecule has 166 valence electrons. The number of anilines is 1. The molecule has 1 saturated carbocycles. The van der Waals surface area contributed by atoms with Gasteiger partial charge in [-0.3, -0.25) is 9.69 Å². The minimum atomic E-state index is 0. The fourth-order valence-electron chi connectivity index (χ4n) is 4.97. The summed E-state index contributed by atoms with van der Waals surface area (Å²) >= 11 is 0. The predicted octanol–water partition coefficient (Wildman–Crippen LogP) is 3.15. The smallest absolute Gasteiger partial charge is 0.228 e. The molecule has 1 atom stereocenters. The second kappa shape index (κ2) is 9.88. The van der Waals surface area contributed by atoms with Gasteiger partial charge < -0.3 is 19.9 Å². The topological polar surface area (TPSA) is 58.5 Å². The van der Waals surface area contributed by atoms with Crippen molar-refractivity contribution in [2.75, 3.05) is 51.3 Å². The van der Waals surface area contributed by atoms with Crippen LogP contribution in [-0.2, 0) is 16.1 Å². The number of hydrogen-bond donors (Lipinski definition) is 2. The second-order valence-corrected chi connectivity index (χ2v) is 8.60. The van der Waals surface area contributed by atoms with Crippen molar-refractivity contribution in [3.05, 3.63) is 30.5 Å². The van der Waals surface area contributed by atoms with E-state index in [0.29, 0.717) is 0 Å². The van der Waals surface area contributed by atoms with E-state index in [1.54, 1.807) is 0 Å². The van der Waals surface area contributed by atoms with Gasteiger partial charge in [-0.1, -0.05) is 0 Å². The van der Waals surface area contributed by atoms with Gasteiger partial charge in [0.05, 0.1) is 13.2 Å². The molecule has 3 aliphatic rings. The zero-order valence-electron chi connectivity index (χ0n) is 17.3. The summed E-state index contributed by atoms with van der Waals surface area (Å²) in [6.45, 7) is 7.85. The predicted molar refractivity (Wildman–Crippen MR) is 125 cm³/mol. The first-order chi connectivity index (χ1) is 13.7. The summed E-state index contributed by atoms with van der Waals surface area (Å²) in [7, 11) is 0. The van der Waals surface area contributed by atoms with Gasteiger partial charge in [0.15, 0.2) is 0 Å². The number of nitrogens with one attached hydrogen (secondary N) is 2. The number of nitrogens with zero attached hydrogens (tertiary/aromatic N) is 2. The molecule has 1 amide bonds. The van der Waals surface area contributed by atoms with Crippen LogP contribution in [0.4, 0.5) is 5.69 Å². The lowest BCUT2D eigenvalue weighted by Crippen LogP contribution is -2.38. The van der Waals surface area contributed by atoms with Crippen molar-refractivity contribution >= 4 is 47.3 Å². The summed E-state index contributed by atoms with van der Waals surface area (Å²) in [5.41, 5.74) is 2.43. The molecule has 1 aromatic carbocycles. The van der Waals surface area contributed by atoms with Gasteiger partial charge >= 0.3 is 0 Å². The molecule has 5 rings (SSSR count). The average molecular weight is 455 g/mol. The van der Waals surface area contributed by atoms with Crippen molar-refractivity contribution < 1.29 is 9.53 Å². The van der Waals surface area contributed by atoms with Crippen molar-refractivity contribution in [1.29, 1.82) is 0 Å². The molecule has 8 heteroatoms. The van der Waals surface area contributed by atoms with Gasteiger partial charge in [0.1, 0.15) is 0 Å². The van der Waals surface area contributed by atoms with Crippen LogP contribution >= 0.6 is 24.8 Å². The monoisotopic (exact) mass is 454 g/mol. The van der Waals surface area contributed by atoms with Crippen LogP contribution in [0.1, 0.15) is 19.3 Å². The number of benzene rings is 1. The van der Waals surface area contributed by atoms with Gasteiger partial charge in [-0.25, -0.2) is 0 Å². The zero-order chi connectivity index (χ0) is 19.0. The number of amides is 1. The summed E-state index contributed by atoms with van der Waals surface area (Å²) in [6.07, 6.45) is 5.48. The Balaban J connectivity index is 0.00000128. The molecular weight excluding hydrogens is 423 g/mol. The van der Waals surface area contributed by atoms with Crippen LogP contribution in [0.25, 0.3) is 10.9 Å². The Bertz CT molecular complexity index is 860. The second-order valence-electron chi connectivity index (χ2n) is 8.60. The molecule has 1 aromatic heterocycles. The van der Waals surface area contributed by atoms with Gasteiger partial charge in [0.2, 0.25) is 5.91 Å². The molecule has 30 heavy (non-hydrogen) atoms. The molecule has 2 saturated heterocycles. The van der Waals surface area contributed by atoms with E-state index >= 15 is 0 Å². The highest BCUT2D eigenvalue weighted by Gasteiger charge is 2.57. The molecule has 1 aliphatic carbocycles. The van der Waals surface area contributed by atoms with Gasteiger partial charge in [0, 0.05) is 54.9 Å². The fourth-order valence-corrected chi connectivity index (χ4v) is 4.97. The van der Waals surface area contributed by atoms with Crippen molar-refractivity contribution in [2.24, 2.45) is 11.3 Å². The summed E-state index contributed by atoms with van der Waals surface area (Å²) in [6, 6.07) is 8.44. The first-order valence-corrected chi connectivity index (χ1v) is 10.6. The minimum Gasteiger partial charge on any atom is -0.379 e. The molecule has 0 bridgehead atoms. The van der Waals surface area contributed by atoms with Gasteiger partial charge in [-0.2, -0.15) is 0 Å². The maximum Gasteiger partial charge on any atom is 0.228 e. The molecule has 3 heterocycles. The van der Waals surface area contributed by atoms with Gasteiger partial charge in [0.25, 0.3) is 0 Å². The highest BCUT2D eigenvalue weighted by molar-refractivity contribution is 5.97. The van der Waals surface area contributed by atoms with Crippen molar-refractivity contribution in [3.63, 3.8) is 0 Å². The van der Waals surface area contributed by atoms with Gasteiger partial charge in [-0.05, 0) is 62.0 Å². The lowest BCUT2D eigenvalue weighted by atomic mass is 9.92. The van der Waals surface area contributed by atoms with E-state index in [9.17, 15) is 4.79 Å². The van der Waals surface area contributed by atoms with Crippen LogP contribution in [0.15, 0.2) is 30.5 Å². The number of carbonyl (C=O) groups is 1. The SMILES string of the molecule is Cl.Cl.O=C(Nc1ccc2c(ccn2CCN2CCOCC2)c1)C1CC12CCNCC2. The summed E-state index contributed by atoms with van der Waals surface area (Å²) in [4.78, 5) is 15.2. The largest absolute Gasteiger partial charge is 0.379 e. The summed E-state index contributed by atoms with van der Waals surface area (Å²) in [5.74, 6) is 0.399. The van der Waals surface area contributed by atoms with E-state index in [2.05, 4.69) is 44.5 Å². The number of carbonyl (C=O) groups excluding carboxylic acids is 1. The molecule has 2 aromatic rings. The standard InChI is InChI=1S/C22H30N4O2.2ClH/c27-21(19-16-22(19)4-6-23-7-5-22)24-18-1-2-20-17(15-18)3-8-26(20)10-9-25-11-13-28-14-12-25;;/h1-3,8,15,19,23H,4-7,9-14,16H2,(H,24,27);2*1H. The van der Waals surface area contributed by atoms with Crippen LogP contribution in [0.5, 0.6) is 0 Å². The lowest BCUT2D eigenvalue weighted by molar-refractivity contribution is -0.118. The lowest BCUT2D eigenvalue weighted by Gasteiger charge is -2.26. The highest BCUT2D eigenvalue weighted by atomic mass is 35.5. The van der Waals surface area contributed by atoms with E-state index in [1.165, 1.54) is 10.9 Å². The van der Waals surface area contributed by atoms with E-state index in [-0.39, 0.29) is 42.1 Å².